The SMILES string of the molecule is O=C(O)C(F)(F)F.c1csc(CN2CC[C@@H]3[C@@H](CO[C@H]3Cc3nnc(C4CC4)o3)C2)c1. The molecule has 0 spiro atoms. The number of carboxylic acids is 1. The molecule has 31 heavy (non-hydrogen) atoms. The Balaban J connectivity index is 0.000000289. The first-order valence-corrected chi connectivity index (χ1v) is 11.2. The molecule has 3 fully saturated rings. The Morgan fingerprint density at radius 1 is 1.29 bits per heavy atom. The number of halogens is 3. The topological polar surface area (TPSA) is 88.7 Å². The van der Waals surface area contributed by atoms with Crippen LogP contribution in [-0.4, -0.2) is 58.1 Å². The van der Waals surface area contributed by atoms with Crippen LogP contribution in [0.4, 0.5) is 13.2 Å². The zero-order valence-electron chi connectivity index (χ0n) is 16.8. The van der Waals surface area contributed by atoms with Gasteiger partial charge in [0.25, 0.3) is 0 Å². The van der Waals surface area contributed by atoms with Gasteiger partial charge in [-0.3, -0.25) is 4.90 Å². The van der Waals surface area contributed by atoms with Crippen molar-refractivity contribution >= 4 is 17.3 Å². The van der Waals surface area contributed by atoms with Crippen LogP contribution in [0.3, 0.4) is 0 Å². The second kappa shape index (κ2) is 9.25. The number of aromatic nitrogens is 2. The molecule has 0 aromatic carbocycles. The molecule has 170 valence electrons. The lowest BCUT2D eigenvalue weighted by Gasteiger charge is -2.35. The van der Waals surface area contributed by atoms with E-state index in [4.69, 9.17) is 19.1 Å². The molecule has 11 heteroatoms. The number of hydrogen-bond donors (Lipinski definition) is 1. The molecule has 2 aliphatic heterocycles. The number of rotatable bonds is 5. The molecule has 3 aliphatic rings. The molecule has 1 aliphatic carbocycles. The van der Waals surface area contributed by atoms with Gasteiger partial charge in [-0.05, 0) is 43.2 Å². The number of thiophene rings is 1. The van der Waals surface area contributed by atoms with Crippen LogP contribution in [0.25, 0.3) is 0 Å². The molecule has 2 aromatic rings. The minimum Gasteiger partial charge on any atom is -0.475 e. The molecule has 1 saturated carbocycles. The number of piperidine rings is 1. The summed E-state index contributed by atoms with van der Waals surface area (Å²) >= 11 is 1.85. The zero-order chi connectivity index (χ0) is 22.0. The van der Waals surface area contributed by atoms with Gasteiger partial charge in [0, 0.05) is 29.8 Å². The highest BCUT2D eigenvalue weighted by Gasteiger charge is 2.41. The van der Waals surface area contributed by atoms with E-state index in [1.807, 2.05) is 11.3 Å². The highest BCUT2D eigenvalue weighted by Crippen LogP contribution is 2.40. The Hall–Kier alpha value is -1.98. The van der Waals surface area contributed by atoms with Gasteiger partial charge in [0.1, 0.15) is 0 Å². The monoisotopic (exact) mass is 459 g/mol. The van der Waals surface area contributed by atoms with E-state index in [2.05, 4.69) is 32.6 Å². The van der Waals surface area contributed by atoms with Crippen LogP contribution in [-0.2, 0) is 22.5 Å². The van der Waals surface area contributed by atoms with Gasteiger partial charge in [-0.15, -0.1) is 21.5 Å². The normalized spacial score (nSPS) is 26.2. The average Bonchev–Trinajstić information content (AvgIpc) is 3.10. The Bertz CT molecular complexity index is 869. The van der Waals surface area contributed by atoms with Gasteiger partial charge < -0.3 is 14.3 Å². The van der Waals surface area contributed by atoms with Crippen LogP contribution >= 0.6 is 11.3 Å². The van der Waals surface area contributed by atoms with Crippen molar-refractivity contribution in [3.05, 3.63) is 34.2 Å². The molecule has 2 aromatic heterocycles. The van der Waals surface area contributed by atoms with Crippen molar-refractivity contribution in [3.63, 3.8) is 0 Å². The number of carboxylic acid groups (broad SMARTS) is 1. The summed E-state index contributed by atoms with van der Waals surface area (Å²) in [5, 5.41) is 17.7. The van der Waals surface area contributed by atoms with Crippen LogP contribution in [0.1, 0.15) is 41.8 Å². The fourth-order valence-electron chi connectivity index (χ4n) is 4.16. The van der Waals surface area contributed by atoms with E-state index in [1.165, 1.54) is 24.1 Å². The second-order valence-corrected chi connectivity index (χ2v) is 9.25. The van der Waals surface area contributed by atoms with E-state index >= 15 is 0 Å². The third-order valence-corrected chi connectivity index (χ3v) is 6.73. The first-order valence-electron chi connectivity index (χ1n) is 10.3. The quantitative estimate of drug-likeness (QED) is 0.729. The molecule has 3 atom stereocenters. The summed E-state index contributed by atoms with van der Waals surface area (Å²) in [4.78, 5) is 12.9. The number of likely N-dealkylation sites (tertiary alicyclic amines) is 1. The summed E-state index contributed by atoms with van der Waals surface area (Å²) in [6.07, 6.45) is -0.430. The molecular formula is C20H24F3N3O4S. The average molecular weight is 459 g/mol. The minimum absolute atomic E-state index is 0.256. The van der Waals surface area contributed by atoms with Crippen molar-refractivity contribution < 1.29 is 32.2 Å². The minimum atomic E-state index is -5.08. The van der Waals surface area contributed by atoms with E-state index in [1.54, 1.807) is 0 Å². The van der Waals surface area contributed by atoms with Crippen LogP contribution in [0.15, 0.2) is 21.9 Å². The number of ether oxygens (including phenoxy) is 1. The molecule has 4 heterocycles. The Morgan fingerprint density at radius 3 is 2.71 bits per heavy atom. The highest BCUT2D eigenvalue weighted by molar-refractivity contribution is 7.09. The molecule has 7 nitrogen and oxygen atoms in total. The predicted molar refractivity (Wildman–Crippen MR) is 105 cm³/mol. The maximum atomic E-state index is 10.6. The van der Waals surface area contributed by atoms with Gasteiger partial charge in [0.2, 0.25) is 11.8 Å². The molecule has 2 saturated heterocycles. The summed E-state index contributed by atoms with van der Waals surface area (Å²) in [6.45, 7) is 4.27. The lowest BCUT2D eigenvalue weighted by atomic mass is 9.83. The second-order valence-electron chi connectivity index (χ2n) is 8.21. The lowest BCUT2D eigenvalue weighted by Crippen LogP contribution is -2.41. The smallest absolute Gasteiger partial charge is 0.475 e. The van der Waals surface area contributed by atoms with E-state index in [0.717, 1.165) is 44.4 Å². The number of nitrogens with zero attached hydrogens (tertiary/aromatic N) is 3. The highest BCUT2D eigenvalue weighted by atomic mass is 32.1. The van der Waals surface area contributed by atoms with Crippen molar-refractivity contribution in [2.24, 2.45) is 11.8 Å². The van der Waals surface area contributed by atoms with E-state index in [-0.39, 0.29) is 6.10 Å². The van der Waals surface area contributed by atoms with Crippen molar-refractivity contribution in [1.29, 1.82) is 0 Å². The van der Waals surface area contributed by atoms with Gasteiger partial charge in [-0.1, -0.05) is 6.07 Å². The summed E-state index contributed by atoms with van der Waals surface area (Å²) in [6, 6.07) is 4.37. The lowest BCUT2D eigenvalue weighted by molar-refractivity contribution is -0.192. The predicted octanol–water partition coefficient (Wildman–Crippen LogP) is 3.72. The van der Waals surface area contributed by atoms with Crippen LogP contribution in [0.5, 0.6) is 0 Å². The largest absolute Gasteiger partial charge is 0.490 e. The summed E-state index contributed by atoms with van der Waals surface area (Å²) in [7, 11) is 0. The maximum Gasteiger partial charge on any atom is 0.490 e. The number of hydrogen-bond acceptors (Lipinski definition) is 7. The molecular weight excluding hydrogens is 435 g/mol. The standard InChI is InChI=1S/C18H23N3O2S.C2HF3O2/c1-2-14(24-7-1)10-21-6-5-15-13(9-21)11-22-16(15)8-17-19-20-18(23-17)12-3-4-12;3-2(4,5)1(6)7/h1-2,7,12-13,15-16H,3-6,8-11H2;(H,6,7)/t13-,15-,16+;/m1./s1. The van der Waals surface area contributed by atoms with Gasteiger partial charge >= 0.3 is 12.1 Å². The molecule has 0 radical (unpaired) electrons. The number of alkyl halides is 3. The third-order valence-electron chi connectivity index (χ3n) is 5.87. The summed E-state index contributed by atoms with van der Waals surface area (Å²) in [5.41, 5.74) is 0. The molecule has 0 unspecified atom stereocenters. The molecule has 0 bridgehead atoms. The summed E-state index contributed by atoms with van der Waals surface area (Å²) in [5.74, 6) is 0.667. The van der Waals surface area contributed by atoms with Gasteiger partial charge in [-0.2, -0.15) is 13.2 Å². The van der Waals surface area contributed by atoms with Crippen molar-refractivity contribution in [2.45, 2.75) is 50.4 Å². The fraction of sp³-hybridized carbons (Fsp3) is 0.650. The first-order chi connectivity index (χ1) is 14.8. The van der Waals surface area contributed by atoms with Gasteiger partial charge in [-0.25, -0.2) is 4.79 Å². The maximum absolute atomic E-state index is 10.6. The number of fused-ring (bicyclic) bond motifs is 1. The fourth-order valence-corrected chi connectivity index (χ4v) is 4.90. The van der Waals surface area contributed by atoms with Crippen LogP contribution < -0.4 is 0 Å². The Kier molecular flexibility index (Phi) is 6.63. The zero-order valence-corrected chi connectivity index (χ0v) is 17.6. The van der Waals surface area contributed by atoms with Gasteiger partial charge in [0.05, 0.1) is 19.1 Å². The summed E-state index contributed by atoms with van der Waals surface area (Å²) < 4.78 is 43.7. The first kappa shape index (κ1) is 22.2. The third kappa shape index (κ3) is 5.83. The van der Waals surface area contributed by atoms with Gasteiger partial charge in [0.15, 0.2) is 0 Å². The van der Waals surface area contributed by atoms with Crippen LogP contribution in [0, 0.1) is 11.8 Å². The Labute approximate surface area is 181 Å². The number of carbonyl (C=O) groups is 1. The number of aliphatic carboxylic acids is 1. The van der Waals surface area contributed by atoms with Crippen LogP contribution in [0.2, 0.25) is 0 Å². The van der Waals surface area contributed by atoms with E-state index in [0.29, 0.717) is 17.8 Å². The van der Waals surface area contributed by atoms with Crippen molar-refractivity contribution in [1.82, 2.24) is 15.1 Å². The molecule has 5 rings (SSSR count). The molecule has 0 amide bonds. The van der Waals surface area contributed by atoms with E-state index in [9.17, 15) is 13.2 Å². The van der Waals surface area contributed by atoms with Crippen molar-refractivity contribution in [3.8, 4) is 0 Å². The van der Waals surface area contributed by atoms with E-state index < -0.39 is 12.1 Å². The Morgan fingerprint density at radius 2 is 2.06 bits per heavy atom. The van der Waals surface area contributed by atoms with Crippen molar-refractivity contribution in [2.75, 3.05) is 19.7 Å². The molecule has 1 N–H and O–H groups in total.